The molecule has 1 aromatic carbocycles. The van der Waals surface area contributed by atoms with Crippen molar-refractivity contribution in [3.05, 3.63) is 55.9 Å². The zero-order chi connectivity index (χ0) is 16.3. The predicted octanol–water partition coefficient (Wildman–Crippen LogP) is 4.24. The highest BCUT2D eigenvalue weighted by atomic mass is 35.5. The van der Waals surface area contributed by atoms with Crippen LogP contribution in [0, 0.1) is 10.1 Å². The highest BCUT2D eigenvalue weighted by molar-refractivity contribution is 7.17. The quantitative estimate of drug-likeness (QED) is 0.462. The molecule has 2 aromatic rings. The van der Waals surface area contributed by atoms with Gasteiger partial charge in [-0.3, -0.25) is 10.1 Å². The van der Waals surface area contributed by atoms with Crippen LogP contribution < -0.4 is 4.74 Å². The lowest BCUT2D eigenvalue weighted by atomic mass is 10.1. The summed E-state index contributed by atoms with van der Waals surface area (Å²) in [5.41, 5.74) is 0.717. The van der Waals surface area contributed by atoms with Gasteiger partial charge in [0.05, 0.1) is 18.1 Å². The molecule has 0 aliphatic carbocycles. The van der Waals surface area contributed by atoms with E-state index >= 15 is 0 Å². The summed E-state index contributed by atoms with van der Waals surface area (Å²) >= 11 is 6.80. The van der Waals surface area contributed by atoms with E-state index in [1.165, 1.54) is 13.2 Å². The summed E-state index contributed by atoms with van der Waals surface area (Å²) in [4.78, 5) is 22.1. The number of benzene rings is 1. The minimum Gasteiger partial charge on any atom is -0.484 e. The van der Waals surface area contributed by atoms with Gasteiger partial charge in [-0.15, -0.1) is 0 Å². The molecule has 0 aliphatic rings. The number of hydrogen-bond donors (Lipinski definition) is 0. The Bertz CT molecular complexity index is 715. The summed E-state index contributed by atoms with van der Waals surface area (Å²) in [6.07, 6.45) is -0.480. The molecule has 0 bridgehead atoms. The van der Waals surface area contributed by atoms with E-state index in [1.54, 1.807) is 31.2 Å². The fourth-order valence-electron chi connectivity index (χ4n) is 1.83. The lowest BCUT2D eigenvalue weighted by molar-refractivity contribution is -0.380. The third-order valence-corrected chi connectivity index (χ3v) is 4.27. The summed E-state index contributed by atoms with van der Waals surface area (Å²) in [7, 11) is 1.20. The van der Waals surface area contributed by atoms with Crippen molar-refractivity contribution in [1.82, 2.24) is 0 Å². The van der Waals surface area contributed by atoms with Gasteiger partial charge in [0.1, 0.15) is 6.10 Å². The van der Waals surface area contributed by atoms with E-state index in [2.05, 4.69) is 4.74 Å². The first kappa shape index (κ1) is 16.3. The van der Waals surface area contributed by atoms with Gasteiger partial charge in [-0.25, -0.2) is 4.79 Å². The van der Waals surface area contributed by atoms with Crippen LogP contribution >= 0.6 is 22.9 Å². The van der Waals surface area contributed by atoms with Crippen LogP contribution in [0.5, 0.6) is 5.75 Å². The zero-order valence-corrected chi connectivity index (χ0v) is 13.3. The van der Waals surface area contributed by atoms with Crippen LogP contribution in [-0.4, -0.2) is 18.0 Å². The Morgan fingerprint density at radius 1 is 1.41 bits per heavy atom. The van der Waals surface area contributed by atoms with Gasteiger partial charge in [-0.1, -0.05) is 41.1 Å². The van der Waals surface area contributed by atoms with Gasteiger partial charge in [0.2, 0.25) is 0 Å². The van der Waals surface area contributed by atoms with Crippen LogP contribution in [0.3, 0.4) is 0 Å². The van der Waals surface area contributed by atoms with Gasteiger partial charge in [-0.05, 0) is 13.0 Å². The second-order valence-corrected chi connectivity index (χ2v) is 5.75. The number of rotatable bonds is 5. The Morgan fingerprint density at radius 2 is 2.09 bits per heavy atom. The molecule has 0 fully saturated rings. The number of halogens is 1. The number of carbonyl (C=O) groups excluding carboxylic acids is 1. The second kappa shape index (κ2) is 6.76. The van der Waals surface area contributed by atoms with Crippen LogP contribution in [0.1, 0.15) is 28.3 Å². The van der Waals surface area contributed by atoms with Crippen molar-refractivity contribution in [3.63, 3.8) is 0 Å². The van der Waals surface area contributed by atoms with Crippen LogP contribution in [0.15, 0.2) is 30.3 Å². The van der Waals surface area contributed by atoms with Gasteiger partial charge < -0.3 is 9.47 Å². The van der Waals surface area contributed by atoms with Gasteiger partial charge in [0.25, 0.3) is 0 Å². The van der Waals surface area contributed by atoms with E-state index in [-0.39, 0.29) is 15.6 Å². The predicted molar refractivity (Wildman–Crippen MR) is 82.8 cm³/mol. The highest BCUT2D eigenvalue weighted by Gasteiger charge is 2.25. The van der Waals surface area contributed by atoms with Gasteiger partial charge in [0, 0.05) is 10.6 Å². The molecule has 0 aliphatic heterocycles. The smallest absolute Gasteiger partial charge is 0.352 e. The van der Waals surface area contributed by atoms with Crippen molar-refractivity contribution in [3.8, 4) is 5.75 Å². The average molecular weight is 342 g/mol. The first-order chi connectivity index (χ1) is 10.4. The van der Waals surface area contributed by atoms with Crippen molar-refractivity contribution < 1.29 is 19.2 Å². The first-order valence-electron chi connectivity index (χ1n) is 6.21. The van der Waals surface area contributed by atoms with Crippen LogP contribution in [0.25, 0.3) is 0 Å². The van der Waals surface area contributed by atoms with Crippen LogP contribution in [0.4, 0.5) is 5.00 Å². The summed E-state index contributed by atoms with van der Waals surface area (Å²) < 4.78 is 10.3. The number of methoxy groups -OCH3 is 1. The Labute approximate surface area is 135 Å². The van der Waals surface area contributed by atoms with E-state index in [4.69, 9.17) is 16.3 Å². The standard InChI is InChI=1S/C14H12ClNO5S/c1-8(9-5-3-4-6-10(9)15)21-11-7-12(16(18)19)22-13(11)14(17)20-2/h3-8H,1-2H3/t8-/m1/s1. The zero-order valence-electron chi connectivity index (χ0n) is 11.7. The SMILES string of the molecule is COC(=O)c1sc([N+](=O)[O-])cc1O[C@H](C)c1ccccc1Cl. The molecule has 1 heterocycles. The largest absolute Gasteiger partial charge is 0.484 e. The third kappa shape index (κ3) is 3.37. The molecule has 1 atom stereocenters. The van der Waals surface area contributed by atoms with Crippen molar-refractivity contribution >= 4 is 33.9 Å². The second-order valence-electron chi connectivity index (χ2n) is 4.31. The third-order valence-electron chi connectivity index (χ3n) is 2.88. The summed E-state index contributed by atoms with van der Waals surface area (Å²) in [6.45, 7) is 1.74. The molecule has 8 heteroatoms. The molecule has 6 nitrogen and oxygen atoms in total. The topological polar surface area (TPSA) is 78.7 Å². The number of carbonyl (C=O) groups is 1. The Balaban J connectivity index is 2.34. The molecule has 0 amide bonds. The molecule has 0 N–H and O–H groups in total. The molecule has 0 saturated carbocycles. The van der Waals surface area contributed by atoms with Crippen LogP contribution in [-0.2, 0) is 4.74 Å². The Hall–Kier alpha value is -2.12. The fraction of sp³-hybridized carbons (Fsp3) is 0.214. The number of hydrogen-bond acceptors (Lipinski definition) is 6. The van der Waals surface area contributed by atoms with Gasteiger partial charge in [0.15, 0.2) is 10.6 Å². The average Bonchev–Trinajstić information content (AvgIpc) is 2.91. The number of ether oxygens (including phenoxy) is 2. The molecule has 0 spiro atoms. The summed E-state index contributed by atoms with van der Waals surface area (Å²) in [5.74, 6) is -0.574. The Morgan fingerprint density at radius 3 is 2.68 bits per heavy atom. The summed E-state index contributed by atoms with van der Waals surface area (Å²) in [6, 6.07) is 8.30. The molecular formula is C14H12ClNO5S. The van der Waals surface area contributed by atoms with E-state index in [9.17, 15) is 14.9 Å². The number of thiophene rings is 1. The molecular weight excluding hydrogens is 330 g/mol. The number of nitro groups is 1. The van der Waals surface area contributed by atoms with E-state index in [0.29, 0.717) is 21.9 Å². The monoisotopic (exact) mass is 341 g/mol. The van der Waals surface area contributed by atoms with Crippen molar-refractivity contribution in [2.45, 2.75) is 13.0 Å². The van der Waals surface area contributed by atoms with Crippen LogP contribution in [0.2, 0.25) is 5.02 Å². The summed E-state index contributed by atoms with van der Waals surface area (Å²) in [5, 5.41) is 11.2. The van der Waals surface area contributed by atoms with Crippen molar-refractivity contribution in [2.24, 2.45) is 0 Å². The molecule has 2 rings (SSSR count). The van der Waals surface area contributed by atoms with Gasteiger partial charge >= 0.3 is 11.0 Å². The van der Waals surface area contributed by atoms with E-state index < -0.39 is 17.0 Å². The molecule has 116 valence electrons. The maximum absolute atomic E-state index is 11.7. The first-order valence-corrected chi connectivity index (χ1v) is 7.41. The number of esters is 1. The molecule has 22 heavy (non-hydrogen) atoms. The van der Waals surface area contributed by atoms with Crippen molar-refractivity contribution in [1.29, 1.82) is 0 Å². The lowest BCUT2D eigenvalue weighted by Gasteiger charge is -2.15. The lowest BCUT2D eigenvalue weighted by Crippen LogP contribution is -2.07. The fourth-order valence-corrected chi connectivity index (χ4v) is 2.95. The van der Waals surface area contributed by atoms with E-state index in [0.717, 1.165) is 0 Å². The van der Waals surface area contributed by atoms with Gasteiger partial charge in [-0.2, -0.15) is 0 Å². The number of nitrogens with zero attached hydrogens (tertiary/aromatic N) is 1. The minimum absolute atomic E-state index is 0.0492. The van der Waals surface area contributed by atoms with E-state index in [1.807, 2.05) is 0 Å². The normalized spacial score (nSPS) is 11.8. The molecule has 0 radical (unpaired) electrons. The van der Waals surface area contributed by atoms with Crippen molar-refractivity contribution in [2.75, 3.05) is 7.11 Å². The molecule has 0 saturated heterocycles. The minimum atomic E-state index is -0.681. The highest BCUT2D eigenvalue weighted by Crippen LogP contribution is 2.38. The maximum atomic E-state index is 11.7. The Kier molecular flexibility index (Phi) is 4.99. The molecule has 1 aromatic heterocycles. The molecule has 0 unspecified atom stereocenters. The maximum Gasteiger partial charge on any atom is 0.352 e.